The largest absolute Gasteiger partial charge is 0.478 e. The van der Waals surface area contributed by atoms with Gasteiger partial charge in [0.25, 0.3) is 0 Å². The Hall–Kier alpha value is -2.34. The summed E-state index contributed by atoms with van der Waals surface area (Å²) in [6.07, 6.45) is 1.51. The molecule has 0 aliphatic carbocycles. The maximum atomic E-state index is 12.0. The number of amides is 1. The van der Waals surface area contributed by atoms with Crippen LogP contribution in [0.15, 0.2) is 41.6 Å². The number of carboxylic acid groups (broad SMARTS) is 1. The average molecular weight is 316 g/mol. The van der Waals surface area contributed by atoms with Crippen molar-refractivity contribution in [2.45, 2.75) is 18.9 Å². The summed E-state index contributed by atoms with van der Waals surface area (Å²) in [5, 5.41) is 12.2. The van der Waals surface area contributed by atoms with E-state index in [1.54, 1.807) is 6.07 Å². The predicted octanol–water partition coefficient (Wildman–Crippen LogP) is 3.13. The Labute approximate surface area is 132 Å². The second-order valence-corrected chi connectivity index (χ2v) is 5.78. The molecule has 6 heteroatoms. The highest BCUT2D eigenvalue weighted by Crippen LogP contribution is 2.21. The molecule has 1 aromatic carbocycles. The van der Waals surface area contributed by atoms with Crippen molar-refractivity contribution >= 4 is 29.3 Å². The van der Waals surface area contributed by atoms with Crippen LogP contribution in [0.4, 0.5) is 5.69 Å². The van der Waals surface area contributed by atoms with Gasteiger partial charge in [0.05, 0.1) is 11.3 Å². The van der Waals surface area contributed by atoms with Crippen LogP contribution in [0.25, 0.3) is 0 Å². The van der Waals surface area contributed by atoms with E-state index in [1.807, 2.05) is 32.0 Å². The molecule has 0 unspecified atom stereocenters. The summed E-state index contributed by atoms with van der Waals surface area (Å²) in [4.78, 5) is 27.1. The van der Waals surface area contributed by atoms with Gasteiger partial charge in [0.2, 0.25) is 5.91 Å². The molecule has 0 bridgehead atoms. The van der Waals surface area contributed by atoms with E-state index in [0.717, 1.165) is 28.6 Å². The van der Waals surface area contributed by atoms with Crippen LogP contribution >= 0.6 is 11.8 Å². The minimum atomic E-state index is -1.05. The SMILES string of the molecule is Cc1ccc(NC(=O)CSc2ncccc2C(=O)O)c(C)c1. The van der Waals surface area contributed by atoms with Gasteiger partial charge in [0.15, 0.2) is 0 Å². The second-order valence-electron chi connectivity index (χ2n) is 4.82. The third-order valence-electron chi connectivity index (χ3n) is 3.00. The highest BCUT2D eigenvalue weighted by Gasteiger charge is 2.13. The van der Waals surface area contributed by atoms with Gasteiger partial charge in [0.1, 0.15) is 5.03 Å². The van der Waals surface area contributed by atoms with E-state index in [9.17, 15) is 9.59 Å². The maximum Gasteiger partial charge on any atom is 0.338 e. The van der Waals surface area contributed by atoms with Crippen LogP contribution in [0.5, 0.6) is 0 Å². The number of aromatic carboxylic acids is 1. The summed E-state index contributed by atoms with van der Waals surface area (Å²) in [7, 11) is 0. The molecule has 1 amide bonds. The maximum absolute atomic E-state index is 12.0. The zero-order valence-electron chi connectivity index (χ0n) is 12.3. The molecular weight excluding hydrogens is 300 g/mol. The fraction of sp³-hybridized carbons (Fsp3) is 0.188. The number of aromatic nitrogens is 1. The molecule has 1 heterocycles. The minimum absolute atomic E-state index is 0.102. The molecule has 0 saturated heterocycles. The predicted molar refractivity (Wildman–Crippen MR) is 86.5 cm³/mol. The standard InChI is InChI=1S/C16H16N2O3S/c1-10-5-6-13(11(2)8-10)18-14(19)9-22-15-12(16(20)21)4-3-7-17-15/h3-8H,9H2,1-2H3,(H,18,19)(H,20,21). The number of anilines is 1. The molecule has 2 rings (SSSR count). The number of carboxylic acids is 1. The van der Waals surface area contributed by atoms with Crippen molar-refractivity contribution in [3.8, 4) is 0 Å². The first-order chi connectivity index (χ1) is 10.5. The first kappa shape index (κ1) is 16.0. The summed E-state index contributed by atoms with van der Waals surface area (Å²) in [6, 6.07) is 8.81. The molecule has 0 atom stereocenters. The molecule has 0 spiro atoms. The van der Waals surface area contributed by atoms with E-state index < -0.39 is 5.97 Å². The Kier molecular flexibility index (Phi) is 5.16. The van der Waals surface area contributed by atoms with Crippen LogP contribution in [0, 0.1) is 13.8 Å². The molecule has 2 aromatic rings. The van der Waals surface area contributed by atoms with E-state index in [0.29, 0.717) is 5.03 Å². The van der Waals surface area contributed by atoms with Crippen molar-refractivity contribution in [1.82, 2.24) is 4.98 Å². The Morgan fingerprint density at radius 1 is 1.27 bits per heavy atom. The Morgan fingerprint density at radius 2 is 2.05 bits per heavy atom. The number of carbonyl (C=O) groups excluding carboxylic acids is 1. The van der Waals surface area contributed by atoms with Crippen molar-refractivity contribution in [2.24, 2.45) is 0 Å². The molecule has 0 fully saturated rings. The third-order valence-corrected chi connectivity index (χ3v) is 4.00. The van der Waals surface area contributed by atoms with Crippen molar-refractivity contribution in [3.05, 3.63) is 53.2 Å². The summed E-state index contributed by atoms with van der Waals surface area (Å²) >= 11 is 1.11. The lowest BCUT2D eigenvalue weighted by atomic mass is 10.1. The van der Waals surface area contributed by atoms with Crippen LogP contribution in [0.2, 0.25) is 0 Å². The van der Waals surface area contributed by atoms with E-state index >= 15 is 0 Å². The Bertz CT molecular complexity index is 716. The van der Waals surface area contributed by atoms with Gasteiger partial charge < -0.3 is 10.4 Å². The lowest BCUT2D eigenvalue weighted by Gasteiger charge is -2.09. The number of carbonyl (C=O) groups is 2. The molecule has 114 valence electrons. The number of hydrogen-bond acceptors (Lipinski definition) is 4. The Morgan fingerprint density at radius 3 is 2.73 bits per heavy atom. The number of nitrogens with zero attached hydrogens (tertiary/aromatic N) is 1. The van der Waals surface area contributed by atoms with Crippen molar-refractivity contribution in [1.29, 1.82) is 0 Å². The molecule has 0 saturated carbocycles. The number of thioether (sulfide) groups is 1. The second kappa shape index (κ2) is 7.09. The van der Waals surface area contributed by atoms with Gasteiger partial charge in [-0.1, -0.05) is 29.5 Å². The summed E-state index contributed by atoms with van der Waals surface area (Å²) < 4.78 is 0. The lowest BCUT2D eigenvalue weighted by Crippen LogP contribution is -2.15. The lowest BCUT2D eigenvalue weighted by molar-refractivity contribution is -0.113. The number of aryl methyl sites for hydroxylation is 2. The third kappa shape index (κ3) is 4.08. The van der Waals surface area contributed by atoms with Crippen LogP contribution in [-0.2, 0) is 4.79 Å². The van der Waals surface area contributed by atoms with Gasteiger partial charge in [-0.05, 0) is 37.6 Å². The van der Waals surface area contributed by atoms with Gasteiger partial charge in [-0.15, -0.1) is 0 Å². The fourth-order valence-corrected chi connectivity index (χ4v) is 2.73. The molecule has 0 radical (unpaired) electrons. The number of pyridine rings is 1. The molecule has 22 heavy (non-hydrogen) atoms. The van der Waals surface area contributed by atoms with Crippen molar-refractivity contribution in [3.63, 3.8) is 0 Å². The minimum Gasteiger partial charge on any atom is -0.478 e. The fourth-order valence-electron chi connectivity index (χ4n) is 1.94. The first-order valence-electron chi connectivity index (χ1n) is 6.65. The monoisotopic (exact) mass is 316 g/mol. The van der Waals surface area contributed by atoms with E-state index in [-0.39, 0.29) is 17.2 Å². The zero-order chi connectivity index (χ0) is 16.1. The molecule has 0 aliphatic rings. The first-order valence-corrected chi connectivity index (χ1v) is 7.64. The van der Waals surface area contributed by atoms with Gasteiger partial charge in [0, 0.05) is 11.9 Å². The van der Waals surface area contributed by atoms with Crippen LogP contribution in [-0.4, -0.2) is 27.7 Å². The van der Waals surface area contributed by atoms with Gasteiger partial charge in [-0.25, -0.2) is 9.78 Å². The van der Waals surface area contributed by atoms with E-state index in [4.69, 9.17) is 5.11 Å². The Balaban J connectivity index is 2.00. The van der Waals surface area contributed by atoms with Gasteiger partial charge in [-0.2, -0.15) is 0 Å². The van der Waals surface area contributed by atoms with Crippen molar-refractivity contribution in [2.75, 3.05) is 11.1 Å². The average Bonchev–Trinajstić information content (AvgIpc) is 2.48. The summed E-state index contributed by atoms with van der Waals surface area (Å²) in [6.45, 7) is 3.92. The molecule has 5 nitrogen and oxygen atoms in total. The quantitative estimate of drug-likeness (QED) is 0.829. The van der Waals surface area contributed by atoms with Crippen LogP contribution < -0.4 is 5.32 Å². The molecule has 1 aromatic heterocycles. The molecular formula is C16H16N2O3S. The van der Waals surface area contributed by atoms with E-state index in [2.05, 4.69) is 10.3 Å². The highest BCUT2D eigenvalue weighted by atomic mass is 32.2. The normalized spacial score (nSPS) is 10.3. The smallest absolute Gasteiger partial charge is 0.338 e. The topological polar surface area (TPSA) is 79.3 Å². The molecule has 0 aliphatic heterocycles. The van der Waals surface area contributed by atoms with Crippen molar-refractivity contribution < 1.29 is 14.7 Å². The number of rotatable bonds is 5. The zero-order valence-corrected chi connectivity index (χ0v) is 13.1. The highest BCUT2D eigenvalue weighted by molar-refractivity contribution is 8.00. The van der Waals surface area contributed by atoms with Gasteiger partial charge >= 0.3 is 5.97 Å². The van der Waals surface area contributed by atoms with Crippen LogP contribution in [0.3, 0.4) is 0 Å². The summed E-state index contributed by atoms with van der Waals surface area (Å²) in [5.41, 5.74) is 2.98. The number of nitrogens with one attached hydrogen (secondary N) is 1. The van der Waals surface area contributed by atoms with Gasteiger partial charge in [-0.3, -0.25) is 4.79 Å². The van der Waals surface area contributed by atoms with E-state index in [1.165, 1.54) is 12.3 Å². The number of benzene rings is 1. The summed E-state index contributed by atoms with van der Waals surface area (Å²) in [5.74, 6) is -1.14. The van der Waals surface area contributed by atoms with Crippen LogP contribution in [0.1, 0.15) is 21.5 Å². The number of hydrogen-bond donors (Lipinski definition) is 2. The molecule has 2 N–H and O–H groups in total.